The molecule has 1 aromatic carbocycles. The van der Waals surface area contributed by atoms with E-state index in [1.54, 1.807) is 12.1 Å². The van der Waals surface area contributed by atoms with Gasteiger partial charge in [0, 0.05) is 24.1 Å². The van der Waals surface area contributed by atoms with Gasteiger partial charge in [0.05, 0.1) is 0 Å². The SMILES string of the molecule is Cl.O=C(c1ccc(COc2ccc(Br)cc2)o1)N1CCCNCC1. The number of ether oxygens (including phenoxy) is 1. The highest BCUT2D eigenvalue weighted by Crippen LogP contribution is 2.18. The predicted octanol–water partition coefficient (Wildman–Crippen LogP) is 3.48. The van der Waals surface area contributed by atoms with E-state index in [9.17, 15) is 4.79 Å². The summed E-state index contributed by atoms with van der Waals surface area (Å²) in [4.78, 5) is 14.3. The lowest BCUT2D eigenvalue weighted by Gasteiger charge is -2.18. The Bertz CT molecular complexity index is 652. The third kappa shape index (κ3) is 5.00. The molecule has 3 rings (SSSR count). The molecule has 0 spiro atoms. The number of carbonyl (C=O) groups excluding carboxylic acids is 1. The van der Waals surface area contributed by atoms with Crippen LogP contribution < -0.4 is 10.1 Å². The molecule has 1 amide bonds. The first kappa shape index (κ1) is 18.8. The maximum atomic E-state index is 12.4. The van der Waals surface area contributed by atoms with Gasteiger partial charge in [0.1, 0.15) is 18.1 Å². The zero-order chi connectivity index (χ0) is 16.1. The fraction of sp³-hybridized carbons (Fsp3) is 0.353. The number of benzene rings is 1. The van der Waals surface area contributed by atoms with E-state index in [4.69, 9.17) is 9.15 Å². The lowest BCUT2D eigenvalue weighted by atomic mass is 10.3. The number of hydrogen-bond acceptors (Lipinski definition) is 4. The van der Waals surface area contributed by atoms with Gasteiger partial charge in [0.2, 0.25) is 0 Å². The van der Waals surface area contributed by atoms with Crippen molar-refractivity contribution < 1.29 is 13.9 Å². The van der Waals surface area contributed by atoms with Crippen LogP contribution >= 0.6 is 28.3 Å². The van der Waals surface area contributed by atoms with Gasteiger partial charge in [0.15, 0.2) is 5.76 Å². The minimum absolute atomic E-state index is 0. The quantitative estimate of drug-likeness (QED) is 0.831. The van der Waals surface area contributed by atoms with E-state index in [1.807, 2.05) is 29.2 Å². The summed E-state index contributed by atoms with van der Waals surface area (Å²) in [6, 6.07) is 11.1. The summed E-state index contributed by atoms with van der Waals surface area (Å²) < 4.78 is 12.3. The molecule has 1 aromatic heterocycles. The first-order valence-corrected chi connectivity index (χ1v) is 8.49. The first-order valence-electron chi connectivity index (χ1n) is 7.69. The summed E-state index contributed by atoms with van der Waals surface area (Å²) in [6.45, 7) is 3.55. The minimum atomic E-state index is -0.0522. The molecule has 0 unspecified atom stereocenters. The average Bonchev–Trinajstić information content (AvgIpc) is 2.87. The molecule has 5 nitrogen and oxygen atoms in total. The van der Waals surface area contributed by atoms with Crippen LogP contribution in [0.5, 0.6) is 5.75 Å². The second-order valence-corrected chi connectivity index (χ2v) is 6.32. The number of rotatable bonds is 4. The van der Waals surface area contributed by atoms with Crippen LogP contribution in [-0.2, 0) is 6.61 Å². The van der Waals surface area contributed by atoms with Gasteiger partial charge in [-0.05, 0) is 49.4 Å². The van der Waals surface area contributed by atoms with Crippen molar-refractivity contribution in [3.63, 3.8) is 0 Å². The Balaban J connectivity index is 0.00000208. The van der Waals surface area contributed by atoms with Gasteiger partial charge in [-0.25, -0.2) is 0 Å². The Morgan fingerprint density at radius 2 is 1.96 bits per heavy atom. The lowest BCUT2D eigenvalue weighted by molar-refractivity contribution is 0.0730. The van der Waals surface area contributed by atoms with Crippen LogP contribution in [0.4, 0.5) is 0 Å². The zero-order valence-corrected chi connectivity index (χ0v) is 15.6. The Hall–Kier alpha value is -1.50. The Morgan fingerprint density at radius 3 is 2.75 bits per heavy atom. The van der Waals surface area contributed by atoms with E-state index >= 15 is 0 Å². The summed E-state index contributed by atoms with van der Waals surface area (Å²) >= 11 is 3.38. The molecule has 0 radical (unpaired) electrons. The van der Waals surface area contributed by atoms with E-state index in [1.165, 1.54) is 0 Å². The third-order valence-corrected chi connectivity index (χ3v) is 4.22. The van der Waals surface area contributed by atoms with Crippen LogP contribution in [0.3, 0.4) is 0 Å². The number of nitrogens with one attached hydrogen (secondary N) is 1. The molecule has 0 saturated carbocycles. The van der Waals surface area contributed by atoms with Gasteiger partial charge in [-0.2, -0.15) is 0 Å². The average molecular weight is 416 g/mol. The molecule has 130 valence electrons. The highest BCUT2D eigenvalue weighted by atomic mass is 79.9. The maximum absolute atomic E-state index is 12.4. The summed E-state index contributed by atoms with van der Waals surface area (Å²) in [5.74, 6) is 1.73. The van der Waals surface area contributed by atoms with Gasteiger partial charge >= 0.3 is 0 Å². The molecule has 1 N–H and O–H groups in total. The summed E-state index contributed by atoms with van der Waals surface area (Å²) in [5, 5.41) is 3.28. The van der Waals surface area contributed by atoms with Gasteiger partial charge in [-0.15, -0.1) is 12.4 Å². The van der Waals surface area contributed by atoms with Crippen LogP contribution in [0.25, 0.3) is 0 Å². The molecule has 24 heavy (non-hydrogen) atoms. The molecule has 2 heterocycles. The van der Waals surface area contributed by atoms with Crippen molar-refractivity contribution in [2.75, 3.05) is 26.2 Å². The van der Waals surface area contributed by atoms with E-state index in [0.717, 1.165) is 36.3 Å². The summed E-state index contributed by atoms with van der Waals surface area (Å²) in [5.41, 5.74) is 0. The largest absolute Gasteiger partial charge is 0.486 e. The molecule has 7 heteroatoms. The van der Waals surface area contributed by atoms with E-state index in [2.05, 4.69) is 21.2 Å². The molecule has 0 aliphatic carbocycles. The molecule has 1 aliphatic heterocycles. The van der Waals surface area contributed by atoms with E-state index in [-0.39, 0.29) is 18.3 Å². The monoisotopic (exact) mass is 414 g/mol. The van der Waals surface area contributed by atoms with Crippen LogP contribution in [0.15, 0.2) is 45.3 Å². The molecule has 1 fully saturated rings. The van der Waals surface area contributed by atoms with Crippen molar-refractivity contribution >= 4 is 34.2 Å². The summed E-state index contributed by atoms with van der Waals surface area (Å²) in [7, 11) is 0. The molecule has 2 aromatic rings. The van der Waals surface area contributed by atoms with Crippen LogP contribution in [-0.4, -0.2) is 37.0 Å². The number of nitrogens with zero attached hydrogens (tertiary/aromatic N) is 1. The predicted molar refractivity (Wildman–Crippen MR) is 97.8 cm³/mol. The molecular formula is C17H20BrClN2O3. The zero-order valence-electron chi connectivity index (χ0n) is 13.2. The van der Waals surface area contributed by atoms with Crippen molar-refractivity contribution in [1.29, 1.82) is 0 Å². The molecule has 0 bridgehead atoms. The Morgan fingerprint density at radius 1 is 1.17 bits per heavy atom. The van der Waals surface area contributed by atoms with E-state index < -0.39 is 0 Å². The fourth-order valence-corrected chi connectivity index (χ4v) is 2.72. The van der Waals surface area contributed by atoms with Crippen molar-refractivity contribution in [2.45, 2.75) is 13.0 Å². The van der Waals surface area contributed by atoms with Gasteiger partial charge in [-0.3, -0.25) is 4.79 Å². The minimum Gasteiger partial charge on any atom is -0.486 e. The summed E-state index contributed by atoms with van der Waals surface area (Å²) in [6.07, 6.45) is 0.964. The Kier molecular flexibility index (Phi) is 7.15. The topological polar surface area (TPSA) is 54.7 Å². The number of furan rings is 1. The number of carbonyl (C=O) groups is 1. The number of amides is 1. The van der Waals surface area contributed by atoms with Crippen molar-refractivity contribution in [3.8, 4) is 5.75 Å². The smallest absolute Gasteiger partial charge is 0.289 e. The van der Waals surface area contributed by atoms with E-state index in [0.29, 0.717) is 24.7 Å². The third-order valence-electron chi connectivity index (χ3n) is 3.69. The number of halogens is 2. The van der Waals surface area contributed by atoms with Crippen molar-refractivity contribution in [2.24, 2.45) is 0 Å². The van der Waals surface area contributed by atoms with Crippen LogP contribution in [0, 0.1) is 0 Å². The highest BCUT2D eigenvalue weighted by Gasteiger charge is 2.20. The first-order chi connectivity index (χ1) is 11.2. The van der Waals surface area contributed by atoms with Crippen molar-refractivity contribution in [3.05, 3.63) is 52.4 Å². The van der Waals surface area contributed by atoms with Crippen LogP contribution in [0.2, 0.25) is 0 Å². The van der Waals surface area contributed by atoms with Gasteiger partial charge in [-0.1, -0.05) is 15.9 Å². The normalized spacial score (nSPS) is 14.6. The lowest BCUT2D eigenvalue weighted by Crippen LogP contribution is -2.33. The number of hydrogen-bond donors (Lipinski definition) is 1. The Labute approximate surface area is 155 Å². The second-order valence-electron chi connectivity index (χ2n) is 5.40. The fourth-order valence-electron chi connectivity index (χ4n) is 2.46. The van der Waals surface area contributed by atoms with Gasteiger partial charge < -0.3 is 19.4 Å². The van der Waals surface area contributed by atoms with Crippen molar-refractivity contribution in [1.82, 2.24) is 10.2 Å². The standard InChI is InChI=1S/C17H19BrN2O3.ClH/c18-13-2-4-14(5-3-13)22-12-15-6-7-16(23-15)17(21)20-10-1-8-19-9-11-20;/h2-7,19H,1,8-12H2;1H. The molecule has 0 atom stereocenters. The molecule has 1 saturated heterocycles. The van der Waals surface area contributed by atoms with Gasteiger partial charge in [0.25, 0.3) is 5.91 Å². The maximum Gasteiger partial charge on any atom is 0.289 e. The van der Waals surface area contributed by atoms with Crippen LogP contribution in [0.1, 0.15) is 22.7 Å². The molecular weight excluding hydrogens is 396 g/mol. The molecule has 1 aliphatic rings. The highest BCUT2D eigenvalue weighted by molar-refractivity contribution is 9.10. The second kappa shape index (κ2) is 9.11.